The molecule has 19 heavy (non-hydrogen) atoms. The third kappa shape index (κ3) is 3.94. The summed E-state index contributed by atoms with van der Waals surface area (Å²) in [6.45, 7) is 2.47. The molecule has 0 aromatic heterocycles. The molecule has 0 saturated carbocycles. The number of methoxy groups -OCH3 is 1. The van der Waals surface area contributed by atoms with E-state index in [0.29, 0.717) is 13.0 Å². The van der Waals surface area contributed by atoms with Gasteiger partial charge in [-0.3, -0.25) is 5.32 Å². The van der Waals surface area contributed by atoms with Gasteiger partial charge < -0.3 is 14.9 Å². The Labute approximate surface area is 113 Å². The van der Waals surface area contributed by atoms with Crippen molar-refractivity contribution in [1.82, 2.24) is 5.32 Å². The van der Waals surface area contributed by atoms with Gasteiger partial charge in [-0.15, -0.1) is 0 Å². The fraction of sp³-hybridized carbons (Fsp3) is 0.500. The molecule has 0 heterocycles. The van der Waals surface area contributed by atoms with Crippen LogP contribution in [-0.4, -0.2) is 36.4 Å². The van der Waals surface area contributed by atoms with E-state index in [0.717, 1.165) is 12.0 Å². The van der Waals surface area contributed by atoms with Gasteiger partial charge in [0.25, 0.3) is 0 Å². The molecule has 5 heteroatoms. The van der Waals surface area contributed by atoms with Gasteiger partial charge in [0, 0.05) is 6.61 Å². The highest BCUT2D eigenvalue weighted by Crippen LogP contribution is 2.24. The summed E-state index contributed by atoms with van der Waals surface area (Å²) in [7, 11) is 1.34. The average molecular weight is 267 g/mol. The molecule has 0 amide bonds. The van der Waals surface area contributed by atoms with E-state index in [1.54, 1.807) is 19.1 Å². The number of benzene rings is 1. The summed E-state index contributed by atoms with van der Waals surface area (Å²) in [5, 5.41) is 21.2. The van der Waals surface area contributed by atoms with Crippen molar-refractivity contribution in [3.05, 3.63) is 29.8 Å². The van der Waals surface area contributed by atoms with Crippen LogP contribution in [0.2, 0.25) is 0 Å². The summed E-state index contributed by atoms with van der Waals surface area (Å²) in [6, 6.07) is 6.44. The molecule has 0 radical (unpaired) electrons. The number of aliphatic hydroxyl groups is 1. The van der Waals surface area contributed by atoms with Crippen LogP contribution in [0.25, 0.3) is 0 Å². The molecule has 0 aliphatic carbocycles. The second-order valence-electron chi connectivity index (χ2n) is 4.52. The van der Waals surface area contributed by atoms with Crippen molar-refractivity contribution in [2.45, 2.75) is 25.3 Å². The van der Waals surface area contributed by atoms with Crippen molar-refractivity contribution in [2.75, 3.05) is 20.3 Å². The molecule has 3 N–H and O–H groups in total. The molecule has 0 fully saturated rings. The van der Waals surface area contributed by atoms with E-state index in [1.165, 1.54) is 19.2 Å². The second kappa shape index (κ2) is 7.11. The SMILES string of the molecule is COC(=O)C(C)(NCCCCO)c1ccc(O)cc1. The number of hydrogen-bond acceptors (Lipinski definition) is 5. The molecule has 1 aromatic rings. The Balaban J connectivity index is 2.86. The largest absolute Gasteiger partial charge is 0.508 e. The summed E-state index contributed by atoms with van der Waals surface area (Å²) < 4.78 is 4.84. The predicted octanol–water partition coefficient (Wildman–Crippen LogP) is 1.14. The summed E-state index contributed by atoms with van der Waals surface area (Å²) in [5.41, 5.74) is -0.237. The van der Waals surface area contributed by atoms with Crippen LogP contribution < -0.4 is 5.32 Å². The molecule has 0 saturated heterocycles. The molecule has 1 aromatic carbocycles. The minimum Gasteiger partial charge on any atom is -0.508 e. The number of carbonyl (C=O) groups excluding carboxylic acids is 1. The molecule has 5 nitrogen and oxygen atoms in total. The van der Waals surface area contributed by atoms with Gasteiger partial charge in [-0.05, 0) is 44.0 Å². The Morgan fingerprint density at radius 3 is 2.47 bits per heavy atom. The number of esters is 1. The second-order valence-corrected chi connectivity index (χ2v) is 4.52. The topological polar surface area (TPSA) is 78.8 Å². The number of rotatable bonds is 7. The van der Waals surface area contributed by atoms with Gasteiger partial charge in [0.15, 0.2) is 0 Å². The van der Waals surface area contributed by atoms with E-state index in [-0.39, 0.29) is 18.3 Å². The van der Waals surface area contributed by atoms with Gasteiger partial charge in [0.05, 0.1) is 7.11 Å². The molecular formula is C14H21NO4. The lowest BCUT2D eigenvalue weighted by atomic mass is 9.91. The summed E-state index contributed by atoms with van der Waals surface area (Å²) in [4.78, 5) is 12.0. The minimum atomic E-state index is -0.960. The summed E-state index contributed by atoms with van der Waals surface area (Å²) in [5.74, 6) is -0.238. The first kappa shape index (κ1) is 15.5. The van der Waals surface area contributed by atoms with Gasteiger partial charge in [-0.25, -0.2) is 4.79 Å². The molecular weight excluding hydrogens is 246 g/mol. The Morgan fingerprint density at radius 1 is 1.32 bits per heavy atom. The molecule has 0 bridgehead atoms. The van der Waals surface area contributed by atoms with Crippen molar-refractivity contribution in [3.63, 3.8) is 0 Å². The van der Waals surface area contributed by atoms with Crippen LogP contribution >= 0.6 is 0 Å². The van der Waals surface area contributed by atoms with E-state index in [1.807, 2.05) is 0 Å². The van der Waals surface area contributed by atoms with Crippen LogP contribution in [-0.2, 0) is 15.1 Å². The maximum Gasteiger partial charge on any atom is 0.330 e. The molecule has 106 valence electrons. The molecule has 0 aliphatic rings. The van der Waals surface area contributed by atoms with E-state index >= 15 is 0 Å². The van der Waals surface area contributed by atoms with E-state index in [2.05, 4.69) is 5.32 Å². The number of phenols is 1. The van der Waals surface area contributed by atoms with Crippen LogP contribution in [0, 0.1) is 0 Å². The normalized spacial score (nSPS) is 13.8. The fourth-order valence-electron chi connectivity index (χ4n) is 1.87. The number of carbonyl (C=O) groups is 1. The number of aromatic hydroxyl groups is 1. The van der Waals surface area contributed by atoms with Gasteiger partial charge >= 0.3 is 5.97 Å². The van der Waals surface area contributed by atoms with Crippen LogP contribution in [0.1, 0.15) is 25.3 Å². The maximum absolute atomic E-state index is 12.0. The standard InChI is InChI=1S/C14H21NO4/c1-14(13(18)19-2,15-9-3-4-10-16)11-5-7-12(17)8-6-11/h5-8,15-17H,3-4,9-10H2,1-2H3. The van der Waals surface area contributed by atoms with Crippen LogP contribution in [0.3, 0.4) is 0 Å². The number of ether oxygens (including phenoxy) is 1. The molecule has 0 spiro atoms. The third-order valence-electron chi connectivity index (χ3n) is 3.10. The first-order valence-electron chi connectivity index (χ1n) is 6.28. The first-order chi connectivity index (χ1) is 9.04. The quantitative estimate of drug-likeness (QED) is 0.510. The van der Waals surface area contributed by atoms with Crippen LogP contribution in [0.5, 0.6) is 5.75 Å². The van der Waals surface area contributed by atoms with Crippen molar-refractivity contribution >= 4 is 5.97 Å². The van der Waals surface area contributed by atoms with Crippen molar-refractivity contribution in [3.8, 4) is 5.75 Å². The number of phenolic OH excluding ortho intramolecular Hbond substituents is 1. The van der Waals surface area contributed by atoms with Gasteiger partial charge in [0.2, 0.25) is 0 Å². The van der Waals surface area contributed by atoms with E-state index in [4.69, 9.17) is 9.84 Å². The summed E-state index contributed by atoms with van der Waals surface area (Å²) >= 11 is 0. The lowest BCUT2D eigenvalue weighted by Crippen LogP contribution is -2.47. The van der Waals surface area contributed by atoms with Crippen LogP contribution in [0.15, 0.2) is 24.3 Å². The highest BCUT2D eigenvalue weighted by atomic mass is 16.5. The molecule has 1 unspecified atom stereocenters. The van der Waals surface area contributed by atoms with E-state index in [9.17, 15) is 9.90 Å². The Bertz CT molecular complexity index is 404. The summed E-state index contributed by atoms with van der Waals surface area (Å²) in [6.07, 6.45) is 1.45. The zero-order chi connectivity index (χ0) is 14.3. The van der Waals surface area contributed by atoms with Crippen molar-refractivity contribution < 1.29 is 19.7 Å². The highest BCUT2D eigenvalue weighted by Gasteiger charge is 2.35. The Kier molecular flexibility index (Phi) is 5.79. The average Bonchev–Trinajstić information content (AvgIpc) is 2.43. The molecule has 1 rings (SSSR count). The van der Waals surface area contributed by atoms with Crippen molar-refractivity contribution in [2.24, 2.45) is 0 Å². The third-order valence-corrected chi connectivity index (χ3v) is 3.10. The fourth-order valence-corrected chi connectivity index (χ4v) is 1.87. The Morgan fingerprint density at radius 2 is 1.95 bits per heavy atom. The first-order valence-corrected chi connectivity index (χ1v) is 6.28. The number of hydrogen-bond donors (Lipinski definition) is 3. The minimum absolute atomic E-state index is 0.135. The van der Waals surface area contributed by atoms with Crippen molar-refractivity contribution in [1.29, 1.82) is 0 Å². The number of aliphatic hydroxyl groups excluding tert-OH is 1. The van der Waals surface area contributed by atoms with Crippen LogP contribution in [0.4, 0.5) is 0 Å². The van der Waals surface area contributed by atoms with Gasteiger partial charge in [-0.1, -0.05) is 12.1 Å². The zero-order valence-electron chi connectivity index (χ0n) is 11.3. The van der Waals surface area contributed by atoms with Gasteiger partial charge in [0.1, 0.15) is 11.3 Å². The lowest BCUT2D eigenvalue weighted by Gasteiger charge is -2.28. The Hall–Kier alpha value is -1.59. The molecule has 1 atom stereocenters. The smallest absolute Gasteiger partial charge is 0.330 e. The maximum atomic E-state index is 12.0. The van der Waals surface area contributed by atoms with E-state index < -0.39 is 5.54 Å². The number of nitrogens with one attached hydrogen (secondary N) is 1. The predicted molar refractivity (Wildman–Crippen MR) is 71.8 cm³/mol. The monoisotopic (exact) mass is 267 g/mol. The zero-order valence-corrected chi connectivity index (χ0v) is 11.3. The molecule has 0 aliphatic heterocycles. The highest BCUT2D eigenvalue weighted by molar-refractivity contribution is 5.82. The lowest BCUT2D eigenvalue weighted by molar-refractivity contribution is -0.148. The number of unbranched alkanes of at least 4 members (excludes halogenated alkanes) is 1. The van der Waals surface area contributed by atoms with Gasteiger partial charge in [-0.2, -0.15) is 0 Å².